The fourth-order valence-electron chi connectivity index (χ4n) is 2.26. The van der Waals surface area contributed by atoms with Gasteiger partial charge in [0.15, 0.2) is 0 Å². The molecule has 0 saturated heterocycles. The number of anilines is 1. The van der Waals surface area contributed by atoms with Crippen LogP contribution in [0.5, 0.6) is 0 Å². The van der Waals surface area contributed by atoms with Gasteiger partial charge in [-0.15, -0.1) is 0 Å². The fourth-order valence-corrected chi connectivity index (χ4v) is 2.26. The summed E-state index contributed by atoms with van der Waals surface area (Å²) in [5, 5.41) is 0. The standard InChI is InChI=1S/C17H23N3/c1-14(2)20(10-8-15-6-4-9-19-12-15)13-16-5-3-7-17(18)11-16/h3-7,9,11-12,14H,8,10,13,18H2,1-2H3. The lowest BCUT2D eigenvalue weighted by atomic mass is 10.1. The number of nitrogens with zero attached hydrogens (tertiary/aromatic N) is 2. The van der Waals surface area contributed by atoms with Crippen LogP contribution in [0.25, 0.3) is 0 Å². The van der Waals surface area contributed by atoms with E-state index in [0.29, 0.717) is 6.04 Å². The van der Waals surface area contributed by atoms with Gasteiger partial charge in [-0.1, -0.05) is 18.2 Å². The van der Waals surface area contributed by atoms with E-state index >= 15 is 0 Å². The molecule has 0 aliphatic rings. The molecule has 0 aliphatic carbocycles. The maximum Gasteiger partial charge on any atom is 0.0317 e. The Hall–Kier alpha value is -1.87. The smallest absolute Gasteiger partial charge is 0.0317 e. The van der Waals surface area contributed by atoms with Gasteiger partial charge in [-0.3, -0.25) is 9.88 Å². The number of hydrogen-bond donors (Lipinski definition) is 1. The van der Waals surface area contributed by atoms with Crippen LogP contribution in [0, 0.1) is 0 Å². The minimum atomic E-state index is 0.508. The van der Waals surface area contributed by atoms with Crippen LogP contribution in [-0.4, -0.2) is 22.5 Å². The average molecular weight is 269 g/mol. The van der Waals surface area contributed by atoms with E-state index in [1.165, 1.54) is 11.1 Å². The van der Waals surface area contributed by atoms with Gasteiger partial charge in [0.1, 0.15) is 0 Å². The third-order valence-electron chi connectivity index (χ3n) is 3.48. The second-order valence-electron chi connectivity index (χ2n) is 5.42. The molecule has 0 saturated carbocycles. The molecule has 0 atom stereocenters. The van der Waals surface area contributed by atoms with Crippen molar-refractivity contribution in [2.45, 2.75) is 32.9 Å². The van der Waals surface area contributed by atoms with Gasteiger partial charge in [0.2, 0.25) is 0 Å². The van der Waals surface area contributed by atoms with Gasteiger partial charge in [-0.05, 0) is 49.6 Å². The molecule has 2 N–H and O–H groups in total. The van der Waals surface area contributed by atoms with Crippen LogP contribution in [0.4, 0.5) is 5.69 Å². The van der Waals surface area contributed by atoms with Crippen LogP contribution in [0.3, 0.4) is 0 Å². The Morgan fingerprint density at radius 1 is 1.15 bits per heavy atom. The summed E-state index contributed by atoms with van der Waals surface area (Å²) in [4.78, 5) is 6.63. The molecule has 0 radical (unpaired) electrons. The minimum absolute atomic E-state index is 0.508. The van der Waals surface area contributed by atoms with Crippen molar-refractivity contribution in [2.75, 3.05) is 12.3 Å². The number of nitrogens with two attached hydrogens (primary N) is 1. The Labute approximate surface area is 121 Å². The molecule has 2 aromatic rings. The molecule has 3 nitrogen and oxygen atoms in total. The molecule has 2 rings (SSSR count). The van der Waals surface area contributed by atoms with Gasteiger partial charge in [0, 0.05) is 37.2 Å². The lowest BCUT2D eigenvalue weighted by molar-refractivity contribution is 0.215. The zero-order chi connectivity index (χ0) is 14.4. The quantitative estimate of drug-likeness (QED) is 0.819. The van der Waals surface area contributed by atoms with Crippen LogP contribution in [0.1, 0.15) is 25.0 Å². The molecule has 3 heteroatoms. The van der Waals surface area contributed by atoms with Crippen molar-refractivity contribution in [2.24, 2.45) is 0 Å². The highest BCUT2D eigenvalue weighted by molar-refractivity contribution is 5.40. The summed E-state index contributed by atoms with van der Waals surface area (Å²) in [7, 11) is 0. The molecular weight excluding hydrogens is 246 g/mol. The third-order valence-corrected chi connectivity index (χ3v) is 3.48. The number of pyridine rings is 1. The number of hydrogen-bond acceptors (Lipinski definition) is 3. The first kappa shape index (κ1) is 14.5. The van der Waals surface area contributed by atoms with Gasteiger partial charge >= 0.3 is 0 Å². The maximum atomic E-state index is 5.85. The highest BCUT2D eigenvalue weighted by Gasteiger charge is 2.10. The molecule has 0 amide bonds. The number of benzene rings is 1. The predicted octanol–water partition coefficient (Wildman–Crippen LogP) is 3.12. The van der Waals surface area contributed by atoms with E-state index in [2.05, 4.69) is 41.9 Å². The first-order valence-corrected chi connectivity index (χ1v) is 7.12. The van der Waals surface area contributed by atoms with Crippen molar-refractivity contribution >= 4 is 5.69 Å². The van der Waals surface area contributed by atoms with Gasteiger partial charge in [-0.2, -0.15) is 0 Å². The Morgan fingerprint density at radius 2 is 1.95 bits per heavy atom. The van der Waals surface area contributed by atoms with Gasteiger partial charge in [0.25, 0.3) is 0 Å². The molecule has 0 aliphatic heterocycles. The van der Waals surface area contributed by atoms with Crippen LogP contribution < -0.4 is 5.73 Å². The van der Waals surface area contributed by atoms with E-state index in [4.69, 9.17) is 5.73 Å². The van der Waals surface area contributed by atoms with Crippen molar-refractivity contribution in [1.29, 1.82) is 0 Å². The van der Waals surface area contributed by atoms with Crippen molar-refractivity contribution in [3.8, 4) is 0 Å². The summed E-state index contributed by atoms with van der Waals surface area (Å²) in [6.45, 7) is 6.42. The summed E-state index contributed by atoms with van der Waals surface area (Å²) in [5.74, 6) is 0. The average Bonchev–Trinajstić information content (AvgIpc) is 2.44. The third kappa shape index (κ3) is 4.35. The Balaban J connectivity index is 1.97. The zero-order valence-corrected chi connectivity index (χ0v) is 12.3. The van der Waals surface area contributed by atoms with Crippen LogP contribution >= 0.6 is 0 Å². The summed E-state index contributed by atoms with van der Waals surface area (Å²) >= 11 is 0. The highest BCUT2D eigenvalue weighted by atomic mass is 15.1. The largest absolute Gasteiger partial charge is 0.399 e. The van der Waals surface area contributed by atoms with Crippen LogP contribution in [0.2, 0.25) is 0 Å². The number of aromatic nitrogens is 1. The first-order chi connectivity index (χ1) is 9.65. The van der Waals surface area contributed by atoms with E-state index in [1.807, 2.05) is 30.6 Å². The highest BCUT2D eigenvalue weighted by Crippen LogP contribution is 2.12. The second-order valence-corrected chi connectivity index (χ2v) is 5.42. The summed E-state index contributed by atoms with van der Waals surface area (Å²) < 4.78 is 0. The van der Waals surface area contributed by atoms with Crippen molar-refractivity contribution in [3.05, 3.63) is 59.9 Å². The molecule has 106 valence electrons. The molecular formula is C17H23N3. The van der Waals surface area contributed by atoms with Gasteiger partial charge in [-0.25, -0.2) is 0 Å². The van der Waals surface area contributed by atoms with E-state index in [9.17, 15) is 0 Å². The van der Waals surface area contributed by atoms with E-state index in [0.717, 1.165) is 25.2 Å². The monoisotopic (exact) mass is 269 g/mol. The topological polar surface area (TPSA) is 42.2 Å². The SMILES string of the molecule is CC(C)N(CCc1cccnc1)Cc1cccc(N)c1. The van der Waals surface area contributed by atoms with E-state index in [1.54, 1.807) is 0 Å². The van der Waals surface area contributed by atoms with E-state index in [-0.39, 0.29) is 0 Å². The second kappa shape index (κ2) is 7.06. The molecule has 0 unspecified atom stereocenters. The van der Waals surface area contributed by atoms with Gasteiger partial charge in [0.05, 0.1) is 0 Å². The molecule has 1 aromatic heterocycles. The predicted molar refractivity (Wildman–Crippen MR) is 84.3 cm³/mol. The maximum absolute atomic E-state index is 5.85. The lowest BCUT2D eigenvalue weighted by Crippen LogP contribution is -2.32. The normalized spacial score (nSPS) is 11.2. The van der Waals surface area contributed by atoms with Crippen molar-refractivity contribution in [3.63, 3.8) is 0 Å². The van der Waals surface area contributed by atoms with E-state index < -0.39 is 0 Å². The molecule has 0 spiro atoms. The summed E-state index contributed by atoms with van der Waals surface area (Å²) in [5.41, 5.74) is 9.23. The van der Waals surface area contributed by atoms with Crippen LogP contribution in [0.15, 0.2) is 48.8 Å². The van der Waals surface area contributed by atoms with Gasteiger partial charge < -0.3 is 5.73 Å². The molecule has 1 aromatic carbocycles. The Morgan fingerprint density at radius 3 is 2.60 bits per heavy atom. The molecule has 20 heavy (non-hydrogen) atoms. The fraction of sp³-hybridized carbons (Fsp3) is 0.353. The summed E-state index contributed by atoms with van der Waals surface area (Å²) in [6, 6.07) is 12.8. The zero-order valence-electron chi connectivity index (χ0n) is 12.3. The van der Waals surface area contributed by atoms with Crippen molar-refractivity contribution in [1.82, 2.24) is 9.88 Å². The molecule has 0 fully saturated rings. The number of rotatable bonds is 6. The number of nitrogen functional groups attached to an aromatic ring is 1. The minimum Gasteiger partial charge on any atom is -0.399 e. The lowest BCUT2D eigenvalue weighted by Gasteiger charge is -2.26. The summed E-state index contributed by atoms with van der Waals surface area (Å²) in [6.07, 6.45) is 4.78. The Bertz CT molecular complexity index is 523. The Kier molecular flexibility index (Phi) is 5.13. The van der Waals surface area contributed by atoms with Crippen molar-refractivity contribution < 1.29 is 0 Å². The molecule has 1 heterocycles. The molecule has 0 bridgehead atoms. The van der Waals surface area contributed by atoms with Crippen LogP contribution in [-0.2, 0) is 13.0 Å². The first-order valence-electron chi connectivity index (χ1n) is 7.12.